The van der Waals surface area contributed by atoms with Crippen molar-refractivity contribution in [2.45, 2.75) is 6.42 Å². The van der Waals surface area contributed by atoms with Crippen molar-refractivity contribution in [1.29, 1.82) is 0 Å². The zero-order chi connectivity index (χ0) is 12.5. The molecule has 5 heteroatoms. The average Bonchev–Trinajstić information content (AvgIpc) is 2.72. The van der Waals surface area contributed by atoms with Crippen molar-refractivity contribution in [3.63, 3.8) is 0 Å². The van der Waals surface area contributed by atoms with Gasteiger partial charge in [-0.15, -0.1) is 10.2 Å². The molecule has 0 saturated heterocycles. The Hall–Kier alpha value is -2.07. The zero-order valence-corrected chi connectivity index (χ0v) is 10.2. The molecule has 0 fully saturated rings. The molecule has 0 spiro atoms. The molecule has 0 atom stereocenters. The predicted molar refractivity (Wildman–Crippen MR) is 68.9 cm³/mol. The molecule has 0 radical (unpaired) electrons. The molecule has 90 valence electrons. The van der Waals surface area contributed by atoms with E-state index < -0.39 is 0 Å². The topological polar surface area (TPSA) is 50.4 Å². The van der Waals surface area contributed by atoms with E-state index in [1.54, 1.807) is 22.7 Å². The lowest BCUT2D eigenvalue weighted by atomic mass is 10.1. The second kappa shape index (κ2) is 4.31. The fraction of sp³-hybridized carbons (Fsp3) is 0.0769. The summed E-state index contributed by atoms with van der Waals surface area (Å²) >= 11 is 5.95. The first-order valence-corrected chi connectivity index (χ1v) is 5.87. The summed E-state index contributed by atoms with van der Waals surface area (Å²) in [5.74, 6) is 0.956. The molecule has 0 aliphatic carbocycles. The molecular formula is C13H10ClN3O. The van der Waals surface area contributed by atoms with Crippen LogP contribution in [-0.4, -0.2) is 19.7 Å². The maximum absolute atomic E-state index is 9.49. The summed E-state index contributed by atoms with van der Waals surface area (Å²) in [6.45, 7) is 0. The largest absolute Gasteiger partial charge is 0.506 e. The van der Waals surface area contributed by atoms with Crippen molar-refractivity contribution in [2.75, 3.05) is 0 Å². The third-order valence-corrected chi connectivity index (χ3v) is 2.94. The number of nitrogens with zero attached hydrogens (tertiary/aromatic N) is 3. The summed E-state index contributed by atoms with van der Waals surface area (Å²) in [4.78, 5) is 0. The number of pyridine rings is 1. The van der Waals surface area contributed by atoms with E-state index in [-0.39, 0.29) is 5.75 Å². The Morgan fingerprint density at radius 3 is 2.89 bits per heavy atom. The quantitative estimate of drug-likeness (QED) is 0.770. The van der Waals surface area contributed by atoms with Gasteiger partial charge in [-0.3, -0.25) is 4.40 Å². The fourth-order valence-electron chi connectivity index (χ4n) is 1.88. The van der Waals surface area contributed by atoms with Crippen LogP contribution < -0.4 is 0 Å². The van der Waals surface area contributed by atoms with Crippen LogP contribution in [-0.2, 0) is 6.42 Å². The van der Waals surface area contributed by atoms with E-state index in [0.717, 1.165) is 11.4 Å². The Bertz CT molecular complexity index is 708. The van der Waals surface area contributed by atoms with Crippen LogP contribution in [0.4, 0.5) is 0 Å². The van der Waals surface area contributed by atoms with Gasteiger partial charge in [0.1, 0.15) is 11.6 Å². The standard InChI is InChI=1S/C13H10ClN3O/c14-10-3-1-2-9(6-10)7-13-16-15-12-5-4-11(18)8-17(12)13/h1-6,8,18H,7H2. The van der Waals surface area contributed by atoms with Gasteiger partial charge < -0.3 is 5.11 Å². The molecule has 3 aromatic rings. The number of rotatable bonds is 2. The third kappa shape index (κ3) is 2.02. The van der Waals surface area contributed by atoms with E-state index >= 15 is 0 Å². The van der Waals surface area contributed by atoms with Gasteiger partial charge in [0.05, 0.1) is 6.20 Å². The Labute approximate surface area is 108 Å². The van der Waals surface area contributed by atoms with E-state index in [2.05, 4.69) is 10.2 Å². The van der Waals surface area contributed by atoms with Gasteiger partial charge >= 0.3 is 0 Å². The monoisotopic (exact) mass is 259 g/mol. The SMILES string of the molecule is Oc1ccc2nnc(Cc3cccc(Cl)c3)n2c1. The van der Waals surface area contributed by atoms with E-state index in [1.807, 2.05) is 24.3 Å². The average molecular weight is 260 g/mol. The van der Waals surface area contributed by atoms with Gasteiger partial charge in [-0.2, -0.15) is 0 Å². The number of fused-ring (bicyclic) bond motifs is 1. The van der Waals surface area contributed by atoms with Gasteiger partial charge in [0.15, 0.2) is 5.65 Å². The van der Waals surface area contributed by atoms with Gasteiger partial charge in [0.2, 0.25) is 0 Å². The molecule has 1 aromatic carbocycles. The van der Waals surface area contributed by atoms with Crippen LogP contribution in [0, 0.1) is 0 Å². The van der Waals surface area contributed by atoms with Crippen LogP contribution in [0.1, 0.15) is 11.4 Å². The highest BCUT2D eigenvalue weighted by molar-refractivity contribution is 6.30. The van der Waals surface area contributed by atoms with Crippen molar-refractivity contribution >= 4 is 17.2 Å². The summed E-state index contributed by atoms with van der Waals surface area (Å²) in [7, 11) is 0. The molecule has 0 saturated carbocycles. The molecule has 1 N–H and O–H groups in total. The molecule has 2 aromatic heterocycles. The predicted octanol–water partition coefficient (Wildman–Crippen LogP) is 2.68. The van der Waals surface area contributed by atoms with Crippen molar-refractivity contribution in [3.05, 3.63) is 59.0 Å². The highest BCUT2D eigenvalue weighted by Gasteiger charge is 2.07. The molecule has 4 nitrogen and oxygen atoms in total. The molecule has 0 aliphatic heterocycles. The number of benzene rings is 1. The molecule has 18 heavy (non-hydrogen) atoms. The summed E-state index contributed by atoms with van der Waals surface area (Å²) in [5, 5.41) is 18.4. The van der Waals surface area contributed by atoms with Crippen molar-refractivity contribution in [1.82, 2.24) is 14.6 Å². The Balaban J connectivity index is 2.02. The summed E-state index contributed by atoms with van der Waals surface area (Å²) in [5.41, 5.74) is 1.77. The normalized spacial score (nSPS) is 10.9. The second-order valence-corrected chi connectivity index (χ2v) is 4.47. The summed E-state index contributed by atoms with van der Waals surface area (Å²) < 4.78 is 1.77. The van der Waals surface area contributed by atoms with Gasteiger partial charge in [0, 0.05) is 11.4 Å². The molecule has 0 unspecified atom stereocenters. The number of halogens is 1. The van der Waals surface area contributed by atoms with E-state index in [0.29, 0.717) is 17.1 Å². The van der Waals surface area contributed by atoms with Crippen LogP contribution in [0.25, 0.3) is 5.65 Å². The summed E-state index contributed by atoms with van der Waals surface area (Å²) in [6, 6.07) is 10.9. The van der Waals surface area contributed by atoms with Crippen LogP contribution in [0.15, 0.2) is 42.6 Å². The lowest BCUT2D eigenvalue weighted by Crippen LogP contribution is -1.96. The van der Waals surface area contributed by atoms with E-state index in [1.165, 1.54) is 0 Å². The lowest BCUT2D eigenvalue weighted by Gasteiger charge is -2.01. The number of hydrogen-bond donors (Lipinski definition) is 1. The van der Waals surface area contributed by atoms with Crippen LogP contribution >= 0.6 is 11.6 Å². The molecule has 0 amide bonds. The van der Waals surface area contributed by atoms with Gasteiger partial charge in [-0.05, 0) is 29.8 Å². The Morgan fingerprint density at radius 2 is 2.06 bits per heavy atom. The fourth-order valence-corrected chi connectivity index (χ4v) is 2.09. The van der Waals surface area contributed by atoms with Crippen molar-refractivity contribution in [3.8, 4) is 5.75 Å². The first kappa shape index (κ1) is 11.0. The molecule has 0 aliphatic rings. The first-order chi connectivity index (χ1) is 8.72. The van der Waals surface area contributed by atoms with Crippen molar-refractivity contribution in [2.24, 2.45) is 0 Å². The Kier molecular flexibility index (Phi) is 2.64. The minimum Gasteiger partial charge on any atom is -0.506 e. The number of aromatic nitrogens is 3. The lowest BCUT2D eigenvalue weighted by molar-refractivity contribution is 0.471. The molecule has 2 heterocycles. The van der Waals surface area contributed by atoms with E-state index in [9.17, 15) is 5.11 Å². The molecular weight excluding hydrogens is 250 g/mol. The highest BCUT2D eigenvalue weighted by atomic mass is 35.5. The Morgan fingerprint density at radius 1 is 1.17 bits per heavy atom. The van der Waals surface area contributed by atoms with Crippen LogP contribution in [0.3, 0.4) is 0 Å². The van der Waals surface area contributed by atoms with Crippen LogP contribution in [0.2, 0.25) is 5.02 Å². The number of hydrogen-bond acceptors (Lipinski definition) is 3. The van der Waals surface area contributed by atoms with E-state index in [4.69, 9.17) is 11.6 Å². The molecule has 3 rings (SSSR count). The first-order valence-electron chi connectivity index (χ1n) is 5.49. The second-order valence-electron chi connectivity index (χ2n) is 4.04. The minimum absolute atomic E-state index is 0.189. The van der Waals surface area contributed by atoms with Crippen LogP contribution in [0.5, 0.6) is 5.75 Å². The molecule has 0 bridgehead atoms. The minimum atomic E-state index is 0.189. The highest BCUT2D eigenvalue weighted by Crippen LogP contribution is 2.16. The smallest absolute Gasteiger partial charge is 0.161 e. The van der Waals surface area contributed by atoms with Crippen molar-refractivity contribution < 1.29 is 5.11 Å². The van der Waals surface area contributed by atoms with Gasteiger partial charge in [0.25, 0.3) is 0 Å². The maximum atomic E-state index is 9.49. The number of aromatic hydroxyl groups is 1. The summed E-state index contributed by atoms with van der Waals surface area (Å²) in [6.07, 6.45) is 2.22. The third-order valence-electron chi connectivity index (χ3n) is 2.71. The van der Waals surface area contributed by atoms with Gasteiger partial charge in [-0.25, -0.2) is 0 Å². The van der Waals surface area contributed by atoms with Gasteiger partial charge in [-0.1, -0.05) is 23.7 Å². The maximum Gasteiger partial charge on any atom is 0.161 e. The zero-order valence-electron chi connectivity index (χ0n) is 9.42.